The first kappa shape index (κ1) is 15.8. The van der Waals surface area contributed by atoms with Gasteiger partial charge in [-0.05, 0) is 12.8 Å². The fourth-order valence-corrected chi connectivity index (χ4v) is 2.81. The number of carbonyl (C=O) groups is 3. The summed E-state index contributed by atoms with van der Waals surface area (Å²) in [6.45, 7) is 1.09. The molecule has 118 valence electrons. The number of carbonyl (C=O) groups excluding carboxylic acids is 2. The first-order valence-corrected chi connectivity index (χ1v) is 7.44. The maximum absolute atomic E-state index is 12.2. The highest BCUT2D eigenvalue weighted by atomic mass is 16.4. The fourth-order valence-electron chi connectivity index (χ4n) is 2.81. The molecule has 0 aromatic heterocycles. The number of hydrogen-bond donors (Lipinski definition) is 2. The Morgan fingerprint density at radius 1 is 1.10 bits per heavy atom. The fraction of sp³-hybridized carbons (Fsp3) is 0.786. The van der Waals surface area contributed by atoms with Gasteiger partial charge >= 0.3 is 5.97 Å². The van der Waals surface area contributed by atoms with E-state index in [2.05, 4.69) is 0 Å². The first-order chi connectivity index (χ1) is 9.92. The topological polar surface area (TPSA) is 98.2 Å². The Bertz CT molecular complexity index is 429. The molecule has 0 aliphatic carbocycles. The Kier molecular flexibility index (Phi) is 4.82. The molecule has 0 bridgehead atoms. The standard InChI is InChI=1S/C14H22N2O5/c17-11-4-2-1-3-7-16(11)10-12(18)15-8-5-14(21,6-9-15)13(19)20/h21H,1-10H2,(H,19,20). The van der Waals surface area contributed by atoms with Crippen molar-refractivity contribution in [3.63, 3.8) is 0 Å². The molecule has 2 amide bonds. The lowest BCUT2D eigenvalue weighted by atomic mass is 9.91. The lowest BCUT2D eigenvalue weighted by Crippen LogP contribution is -2.52. The van der Waals surface area contributed by atoms with Gasteiger partial charge in [-0.1, -0.05) is 6.42 Å². The summed E-state index contributed by atoms with van der Waals surface area (Å²) in [7, 11) is 0. The Balaban J connectivity index is 1.87. The summed E-state index contributed by atoms with van der Waals surface area (Å²) in [5.74, 6) is -1.39. The number of aliphatic carboxylic acids is 1. The van der Waals surface area contributed by atoms with E-state index < -0.39 is 11.6 Å². The molecule has 7 heteroatoms. The molecule has 0 spiro atoms. The smallest absolute Gasteiger partial charge is 0.335 e. The van der Waals surface area contributed by atoms with Crippen molar-refractivity contribution in [3.8, 4) is 0 Å². The monoisotopic (exact) mass is 298 g/mol. The summed E-state index contributed by atoms with van der Waals surface area (Å²) >= 11 is 0. The van der Waals surface area contributed by atoms with Gasteiger partial charge in [0.2, 0.25) is 11.8 Å². The van der Waals surface area contributed by atoms with Gasteiger partial charge in [-0.3, -0.25) is 9.59 Å². The van der Waals surface area contributed by atoms with Gasteiger partial charge in [0.15, 0.2) is 5.60 Å². The first-order valence-electron chi connectivity index (χ1n) is 7.44. The van der Waals surface area contributed by atoms with Crippen LogP contribution in [0.2, 0.25) is 0 Å². The van der Waals surface area contributed by atoms with Crippen molar-refractivity contribution >= 4 is 17.8 Å². The number of likely N-dealkylation sites (tertiary alicyclic amines) is 2. The third kappa shape index (κ3) is 3.72. The number of rotatable bonds is 3. The van der Waals surface area contributed by atoms with Crippen LogP contribution in [0.15, 0.2) is 0 Å². The molecular formula is C14H22N2O5. The minimum atomic E-state index is -1.73. The summed E-state index contributed by atoms with van der Waals surface area (Å²) in [4.78, 5) is 38.1. The average Bonchev–Trinajstić information content (AvgIpc) is 2.65. The van der Waals surface area contributed by atoms with Crippen molar-refractivity contribution in [1.29, 1.82) is 0 Å². The van der Waals surface area contributed by atoms with Crippen LogP contribution in [0.1, 0.15) is 38.5 Å². The van der Waals surface area contributed by atoms with E-state index in [1.54, 1.807) is 4.90 Å². The zero-order chi connectivity index (χ0) is 15.5. The molecular weight excluding hydrogens is 276 g/mol. The molecule has 2 rings (SSSR count). The van der Waals surface area contributed by atoms with Gasteiger partial charge in [0.05, 0.1) is 6.54 Å². The molecule has 0 radical (unpaired) electrons. The molecule has 0 aromatic rings. The van der Waals surface area contributed by atoms with Crippen LogP contribution in [0.3, 0.4) is 0 Å². The zero-order valence-electron chi connectivity index (χ0n) is 12.1. The number of piperidine rings is 1. The number of carboxylic acids is 1. The van der Waals surface area contributed by atoms with Gasteiger partial charge in [-0.2, -0.15) is 0 Å². The van der Waals surface area contributed by atoms with Gasteiger partial charge in [-0.15, -0.1) is 0 Å². The zero-order valence-corrected chi connectivity index (χ0v) is 12.1. The molecule has 2 fully saturated rings. The summed E-state index contributed by atoms with van der Waals surface area (Å²) in [6.07, 6.45) is 3.35. The highest BCUT2D eigenvalue weighted by molar-refractivity contribution is 5.85. The quantitative estimate of drug-likeness (QED) is 0.753. The van der Waals surface area contributed by atoms with E-state index in [0.717, 1.165) is 19.3 Å². The summed E-state index contributed by atoms with van der Waals surface area (Å²) in [5, 5.41) is 18.8. The second kappa shape index (κ2) is 6.43. The predicted molar refractivity (Wildman–Crippen MR) is 73.4 cm³/mol. The van der Waals surface area contributed by atoms with E-state index in [0.29, 0.717) is 13.0 Å². The Hall–Kier alpha value is -1.63. The van der Waals surface area contributed by atoms with Crippen molar-refractivity contribution < 1.29 is 24.6 Å². The van der Waals surface area contributed by atoms with Crippen LogP contribution in [0.25, 0.3) is 0 Å². The van der Waals surface area contributed by atoms with Crippen molar-refractivity contribution in [2.24, 2.45) is 0 Å². The molecule has 2 aliphatic rings. The SMILES string of the molecule is O=C(CN1CCCCCC1=O)N1CCC(O)(C(=O)O)CC1. The van der Waals surface area contributed by atoms with E-state index >= 15 is 0 Å². The van der Waals surface area contributed by atoms with Crippen LogP contribution in [0.5, 0.6) is 0 Å². The second-order valence-corrected chi connectivity index (χ2v) is 5.84. The van der Waals surface area contributed by atoms with Crippen LogP contribution >= 0.6 is 0 Å². The Morgan fingerprint density at radius 3 is 2.38 bits per heavy atom. The lowest BCUT2D eigenvalue weighted by molar-refractivity contribution is -0.165. The number of nitrogens with zero attached hydrogens (tertiary/aromatic N) is 2. The summed E-state index contributed by atoms with van der Waals surface area (Å²) in [5.41, 5.74) is -1.73. The molecule has 7 nitrogen and oxygen atoms in total. The Morgan fingerprint density at radius 2 is 1.76 bits per heavy atom. The number of amides is 2. The molecule has 2 aliphatic heterocycles. The average molecular weight is 298 g/mol. The molecule has 2 N–H and O–H groups in total. The van der Waals surface area contributed by atoms with Crippen LogP contribution < -0.4 is 0 Å². The molecule has 0 saturated carbocycles. The van der Waals surface area contributed by atoms with Crippen molar-refractivity contribution in [1.82, 2.24) is 9.80 Å². The van der Waals surface area contributed by atoms with E-state index in [-0.39, 0.29) is 44.3 Å². The van der Waals surface area contributed by atoms with Gasteiger partial charge in [-0.25, -0.2) is 4.79 Å². The largest absolute Gasteiger partial charge is 0.479 e. The number of aliphatic hydroxyl groups is 1. The van der Waals surface area contributed by atoms with E-state index in [1.807, 2.05) is 0 Å². The van der Waals surface area contributed by atoms with Crippen LogP contribution in [-0.4, -0.2) is 69.6 Å². The van der Waals surface area contributed by atoms with Crippen molar-refractivity contribution in [2.45, 2.75) is 44.1 Å². The van der Waals surface area contributed by atoms with E-state index in [1.165, 1.54) is 4.90 Å². The van der Waals surface area contributed by atoms with Crippen molar-refractivity contribution in [3.05, 3.63) is 0 Å². The van der Waals surface area contributed by atoms with Crippen LogP contribution in [-0.2, 0) is 14.4 Å². The van der Waals surface area contributed by atoms with Gasteiger partial charge in [0.25, 0.3) is 0 Å². The summed E-state index contributed by atoms with van der Waals surface area (Å²) in [6, 6.07) is 0. The normalized spacial score (nSPS) is 22.8. The maximum atomic E-state index is 12.2. The second-order valence-electron chi connectivity index (χ2n) is 5.84. The van der Waals surface area contributed by atoms with Gasteiger partial charge < -0.3 is 20.0 Å². The van der Waals surface area contributed by atoms with E-state index in [9.17, 15) is 19.5 Å². The van der Waals surface area contributed by atoms with Gasteiger partial charge in [0.1, 0.15) is 0 Å². The maximum Gasteiger partial charge on any atom is 0.335 e. The van der Waals surface area contributed by atoms with Crippen molar-refractivity contribution in [2.75, 3.05) is 26.2 Å². The highest BCUT2D eigenvalue weighted by Gasteiger charge is 2.40. The predicted octanol–water partition coefficient (Wildman–Crippen LogP) is -0.173. The molecule has 0 aromatic carbocycles. The number of carboxylic acid groups (broad SMARTS) is 1. The third-order valence-electron chi connectivity index (χ3n) is 4.34. The highest BCUT2D eigenvalue weighted by Crippen LogP contribution is 2.22. The molecule has 21 heavy (non-hydrogen) atoms. The van der Waals surface area contributed by atoms with Gasteiger partial charge in [0, 0.05) is 38.9 Å². The lowest BCUT2D eigenvalue weighted by Gasteiger charge is -2.36. The number of hydrogen-bond acceptors (Lipinski definition) is 4. The molecule has 0 unspecified atom stereocenters. The minimum absolute atomic E-state index is 0.0138. The van der Waals surface area contributed by atoms with Crippen LogP contribution in [0.4, 0.5) is 0 Å². The third-order valence-corrected chi connectivity index (χ3v) is 4.34. The Labute approximate surface area is 123 Å². The molecule has 0 atom stereocenters. The summed E-state index contributed by atoms with van der Waals surface area (Å²) < 4.78 is 0. The van der Waals surface area contributed by atoms with E-state index in [4.69, 9.17) is 5.11 Å². The molecule has 2 heterocycles. The minimum Gasteiger partial charge on any atom is -0.479 e. The van der Waals surface area contributed by atoms with Crippen LogP contribution in [0, 0.1) is 0 Å². The molecule has 2 saturated heterocycles.